The smallest absolute Gasteiger partial charge is 0.261 e. The topological polar surface area (TPSA) is 68.3 Å². The molecule has 0 saturated carbocycles. The number of anilines is 1. The number of hydrogen-bond acceptors (Lipinski definition) is 5. The number of amides is 1. The molecule has 0 radical (unpaired) electrons. The van der Waals surface area contributed by atoms with Crippen molar-refractivity contribution in [1.29, 1.82) is 0 Å². The number of Topliss-reactive ketones (excluding diaryl/α,β-unsaturated/α-hetero) is 1. The Hall–Kier alpha value is -2.99. The second kappa shape index (κ2) is 8.35. The van der Waals surface area contributed by atoms with Crippen LogP contribution in [0.3, 0.4) is 0 Å². The summed E-state index contributed by atoms with van der Waals surface area (Å²) < 4.78 is 5.71. The van der Waals surface area contributed by atoms with Gasteiger partial charge in [0.25, 0.3) is 5.91 Å². The second-order valence-corrected chi connectivity index (χ2v) is 7.58. The van der Waals surface area contributed by atoms with Crippen molar-refractivity contribution in [2.45, 2.75) is 25.7 Å². The molecule has 2 aromatic carbocycles. The molecule has 0 aliphatic heterocycles. The predicted octanol–water partition coefficient (Wildman–Crippen LogP) is 4.54. The third kappa shape index (κ3) is 4.12. The molecule has 0 bridgehead atoms. The van der Waals surface area contributed by atoms with Gasteiger partial charge in [-0.15, -0.1) is 11.3 Å². The highest BCUT2D eigenvalue weighted by molar-refractivity contribution is 7.13. The van der Waals surface area contributed by atoms with Gasteiger partial charge in [-0.2, -0.15) is 0 Å². The summed E-state index contributed by atoms with van der Waals surface area (Å²) in [6.07, 6.45) is 6.12. The molecule has 1 aliphatic carbocycles. The van der Waals surface area contributed by atoms with E-state index < -0.39 is 0 Å². The Kier molecular flexibility index (Phi) is 5.48. The first kappa shape index (κ1) is 18.4. The van der Waals surface area contributed by atoms with Crippen LogP contribution in [0.4, 0.5) is 5.13 Å². The van der Waals surface area contributed by atoms with Crippen molar-refractivity contribution in [2.24, 2.45) is 0 Å². The Balaban J connectivity index is 1.45. The first-order valence-electron chi connectivity index (χ1n) is 9.28. The van der Waals surface area contributed by atoms with E-state index in [-0.39, 0.29) is 18.3 Å². The minimum Gasteiger partial charge on any atom is -0.485 e. The number of thiazole rings is 1. The average molecular weight is 392 g/mol. The maximum atomic E-state index is 12.6. The van der Waals surface area contributed by atoms with Crippen molar-refractivity contribution in [3.8, 4) is 5.75 Å². The number of ether oxygens (including phenoxy) is 1. The van der Waals surface area contributed by atoms with Crippen LogP contribution in [0.15, 0.2) is 54.0 Å². The van der Waals surface area contributed by atoms with E-state index in [4.69, 9.17) is 4.74 Å². The van der Waals surface area contributed by atoms with Gasteiger partial charge in [0.05, 0.1) is 5.56 Å². The molecule has 28 heavy (non-hydrogen) atoms. The van der Waals surface area contributed by atoms with Crippen LogP contribution in [0.2, 0.25) is 0 Å². The third-order valence-corrected chi connectivity index (χ3v) is 5.50. The zero-order chi connectivity index (χ0) is 19.3. The van der Waals surface area contributed by atoms with Crippen molar-refractivity contribution < 1.29 is 14.3 Å². The first-order valence-corrected chi connectivity index (χ1v) is 10.2. The van der Waals surface area contributed by atoms with E-state index in [1.165, 1.54) is 35.3 Å². The summed E-state index contributed by atoms with van der Waals surface area (Å²) in [4.78, 5) is 29.2. The molecule has 0 fully saturated rings. The van der Waals surface area contributed by atoms with Crippen molar-refractivity contribution in [2.75, 3.05) is 11.9 Å². The van der Waals surface area contributed by atoms with Gasteiger partial charge in [0.2, 0.25) is 0 Å². The Bertz CT molecular complexity index is 999. The minimum atomic E-state index is -0.313. The van der Waals surface area contributed by atoms with Gasteiger partial charge in [0.1, 0.15) is 5.75 Å². The number of benzene rings is 2. The highest BCUT2D eigenvalue weighted by atomic mass is 32.1. The lowest BCUT2D eigenvalue weighted by Gasteiger charge is -2.16. The van der Waals surface area contributed by atoms with E-state index >= 15 is 0 Å². The third-order valence-electron chi connectivity index (χ3n) is 4.81. The summed E-state index contributed by atoms with van der Waals surface area (Å²) in [5, 5.41) is 5.04. The van der Waals surface area contributed by atoms with Crippen molar-refractivity contribution in [3.63, 3.8) is 0 Å². The summed E-state index contributed by atoms with van der Waals surface area (Å²) >= 11 is 1.34. The number of carbonyl (C=O) groups is 2. The number of aryl methyl sites for hydroxylation is 2. The zero-order valence-corrected chi connectivity index (χ0v) is 16.1. The zero-order valence-electron chi connectivity index (χ0n) is 15.3. The molecule has 4 rings (SSSR count). The van der Waals surface area contributed by atoms with E-state index in [2.05, 4.69) is 16.4 Å². The largest absolute Gasteiger partial charge is 0.485 e. The lowest BCUT2D eigenvalue weighted by atomic mass is 9.90. The van der Waals surface area contributed by atoms with E-state index in [9.17, 15) is 9.59 Å². The molecule has 1 amide bonds. The van der Waals surface area contributed by atoms with E-state index in [1.807, 2.05) is 12.1 Å². The molecule has 0 atom stereocenters. The molecule has 0 spiro atoms. The maximum Gasteiger partial charge on any atom is 0.261 e. The molecule has 1 N–H and O–H groups in total. The van der Waals surface area contributed by atoms with Crippen molar-refractivity contribution in [1.82, 2.24) is 4.98 Å². The molecular formula is C22H20N2O3S. The van der Waals surface area contributed by atoms with Crippen LogP contribution >= 0.6 is 11.3 Å². The number of nitrogens with zero attached hydrogens (tertiary/aromatic N) is 1. The Morgan fingerprint density at radius 2 is 1.89 bits per heavy atom. The Morgan fingerprint density at radius 1 is 1.07 bits per heavy atom. The minimum absolute atomic E-state index is 0.0940. The molecule has 0 saturated heterocycles. The van der Waals surface area contributed by atoms with Gasteiger partial charge in [-0.1, -0.05) is 24.3 Å². The normalized spacial score (nSPS) is 12.9. The van der Waals surface area contributed by atoms with Gasteiger partial charge >= 0.3 is 0 Å². The fourth-order valence-corrected chi connectivity index (χ4v) is 3.89. The number of nitrogens with one attached hydrogen (secondary N) is 1. The summed E-state index contributed by atoms with van der Waals surface area (Å²) in [5.74, 6) is -0.0295. The molecule has 5 nitrogen and oxygen atoms in total. The van der Waals surface area contributed by atoms with Crippen LogP contribution in [0.5, 0.6) is 5.75 Å². The van der Waals surface area contributed by atoms with Gasteiger partial charge in [0, 0.05) is 17.1 Å². The van der Waals surface area contributed by atoms with Crippen LogP contribution in [0, 0.1) is 0 Å². The highest BCUT2D eigenvalue weighted by Crippen LogP contribution is 2.24. The van der Waals surface area contributed by atoms with E-state index in [0.717, 1.165) is 12.8 Å². The first-order chi connectivity index (χ1) is 13.7. The number of para-hydroxylation sites is 1. The number of rotatable bonds is 6. The molecule has 1 heterocycles. The summed E-state index contributed by atoms with van der Waals surface area (Å²) in [5.41, 5.74) is 3.63. The highest BCUT2D eigenvalue weighted by Gasteiger charge is 2.16. The van der Waals surface area contributed by atoms with Gasteiger partial charge in [-0.25, -0.2) is 4.98 Å². The summed E-state index contributed by atoms with van der Waals surface area (Å²) in [6, 6.07) is 12.8. The van der Waals surface area contributed by atoms with Crippen LogP contribution in [-0.2, 0) is 12.8 Å². The Labute approximate surface area is 167 Å². The number of fused-ring (bicyclic) bond motifs is 1. The SMILES string of the molecule is O=C(COc1ccccc1C(=O)Nc1nccs1)c1ccc2c(c1)CCCC2. The molecule has 142 valence electrons. The summed E-state index contributed by atoms with van der Waals surface area (Å²) in [7, 11) is 0. The number of carbonyl (C=O) groups excluding carboxylic acids is 2. The molecule has 6 heteroatoms. The molecular weight excluding hydrogens is 372 g/mol. The number of hydrogen-bond donors (Lipinski definition) is 1. The molecule has 1 aromatic heterocycles. The van der Waals surface area contributed by atoms with Gasteiger partial charge in [-0.3, -0.25) is 14.9 Å². The van der Waals surface area contributed by atoms with Crippen molar-refractivity contribution >= 4 is 28.2 Å². The van der Waals surface area contributed by atoms with Gasteiger partial charge in [0.15, 0.2) is 17.5 Å². The maximum absolute atomic E-state index is 12.6. The molecule has 1 aliphatic rings. The van der Waals surface area contributed by atoms with Gasteiger partial charge < -0.3 is 4.74 Å². The number of ketones is 1. The van der Waals surface area contributed by atoms with Gasteiger partial charge in [-0.05, 0) is 55.0 Å². The fourth-order valence-electron chi connectivity index (χ4n) is 3.36. The molecule has 0 unspecified atom stereocenters. The number of aromatic nitrogens is 1. The lowest BCUT2D eigenvalue weighted by Crippen LogP contribution is -2.17. The van der Waals surface area contributed by atoms with Crippen molar-refractivity contribution in [3.05, 3.63) is 76.3 Å². The predicted molar refractivity (Wildman–Crippen MR) is 109 cm³/mol. The van der Waals surface area contributed by atoms with E-state index in [0.29, 0.717) is 22.0 Å². The standard InChI is InChI=1S/C22H20N2O3S/c25-19(17-10-9-15-5-1-2-6-16(15)13-17)14-27-20-8-4-3-7-18(20)21(26)24-22-23-11-12-28-22/h3-4,7-13H,1-2,5-6,14H2,(H,23,24,26). The van der Waals surface area contributed by atoms with Crippen LogP contribution in [0.1, 0.15) is 44.7 Å². The van der Waals surface area contributed by atoms with Crippen LogP contribution in [-0.4, -0.2) is 23.3 Å². The lowest BCUT2D eigenvalue weighted by molar-refractivity contribution is 0.0914. The van der Waals surface area contributed by atoms with Crippen LogP contribution < -0.4 is 10.1 Å². The average Bonchev–Trinajstić information content (AvgIpc) is 3.25. The molecule has 3 aromatic rings. The fraction of sp³-hybridized carbons (Fsp3) is 0.227. The van der Waals surface area contributed by atoms with E-state index in [1.54, 1.807) is 35.8 Å². The summed E-state index contributed by atoms with van der Waals surface area (Å²) in [6.45, 7) is -0.111. The van der Waals surface area contributed by atoms with Crippen LogP contribution in [0.25, 0.3) is 0 Å². The quantitative estimate of drug-likeness (QED) is 0.626. The Morgan fingerprint density at radius 3 is 2.71 bits per heavy atom. The monoisotopic (exact) mass is 392 g/mol. The second-order valence-electron chi connectivity index (χ2n) is 6.69.